The maximum atomic E-state index is 9.40. The first-order chi connectivity index (χ1) is 6.27. The number of hydrogen-bond donors (Lipinski definition) is 2. The lowest BCUT2D eigenvalue weighted by Gasteiger charge is -2.17. The zero-order chi connectivity index (χ0) is 9.26. The highest BCUT2D eigenvalue weighted by atomic mass is 16.3. The second kappa shape index (κ2) is 3.36. The Balaban J connectivity index is 2.30. The van der Waals surface area contributed by atoms with E-state index in [-0.39, 0.29) is 6.10 Å². The first-order valence-corrected chi connectivity index (χ1v) is 4.40. The van der Waals surface area contributed by atoms with Crippen LogP contribution in [0.1, 0.15) is 11.1 Å². The first kappa shape index (κ1) is 8.53. The molecular weight excluding hydrogens is 166 g/mol. The van der Waals surface area contributed by atoms with Crippen LogP contribution in [0.15, 0.2) is 23.0 Å². The third-order valence-corrected chi connectivity index (χ3v) is 2.26. The summed E-state index contributed by atoms with van der Waals surface area (Å²) in [6.45, 7) is 3.44. The Labute approximate surface area is 77.1 Å². The van der Waals surface area contributed by atoms with E-state index in [9.17, 15) is 5.11 Å². The summed E-state index contributed by atoms with van der Waals surface area (Å²) in [5.41, 5.74) is 3.32. The minimum Gasteiger partial charge on any atom is -0.472 e. The summed E-state index contributed by atoms with van der Waals surface area (Å²) in [4.78, 5) is 0. The molecule has 0 fully saturated rings. The molecular formula is C10H13NO2. The van der Waals surface area contributed by atoms with E-state index in [1.54, 1.807) is 12.5 Å². The quantitative estimate of drug-likeness (QED) is 0.674. The van der Waals surface area contributed by atoms with Crippen LogP contribution in [0, 0.1) is 6.92 Å². The Morgan fingerprint density at radius 2 is 2.38 bits per heavy atom. The smallest absolute Gasteiger partial charge is 0.0980 e. The minimum atomic E-state index is -0.377. The zero-order valence-corrected chi connectivity index (χ0v) is 7.58. The van der Waals surface area contributed by atoms with Gasteiger partial charge in [-0.3, -0.25) is 0 Å². The predicted molar refractivity (Wildman–Crippen MR) is 50.3 cm³/mol. The van der Waals surface area contributed by atoms with E-state index in [1.165, 1.54) is 0 Å². The van der Waals surface area contributed by atoms with Crippen LogP contribution in [0.25, 0.3) is 5.57 Å². The molecule has 0 aliphatic carbocycles. The van der Waals surface area contributed by atoms with Gasteiger partial charge in [0.1, 0.15) is 0 Å². The van der Waals surface area contributed by atoms with E-state index in [1.807, 2.05) is 13.0 Å². The number of furan rings is 1. The molecule has 0 spiro atoms. The fraction of sp³-hybridized carbons (Fsp3) is 0.400. The maximum absolute atomic E-state index is 9.40. The monoisotopic (exact) mass is 179 g/mol. The molecule has 0 saturated carbocycles. The average molecular weight is 179 g/mol. The predicted octanol–water partition coefficient (Wildman–Crippen LogP) is 0.936. The van der Waals surface area contributed by atoms with Crippen LogP contribution in [-0.4, -0.2) is 24.3 Å². The van der Waals surface area contributed by atoms with Gasteiger partial charge in [0, 0.05) is 18.7 Å². The number of aliphatic hydroxyl groups excluding tert-OH is 1. The summed E-state index contributed by atoms with van der Waals surface area (Å²) in [6, 6.07) is 0. The van der Waals surface area contributed by atoms with Crippen LogP contribution in [0.2, 0.25) is 0 Å². The Morgan fingerprint density at radius 1 is 1.54 bits per heavy atom. The van der Waals surface area contributed by atoms with E-state index in [2.05, 4.69) is 5.32 Å². The van der Waals surface area contributed by atoms with Gasteiger partial charge in [0.2, 0.25) is 0 Å². The lowest BCUT2D eigenvalue weighted by Crippen LogP contribution is -2.31. The van der Waals surface area contributed by atoms with Crippen LogP contribution < -0.4 is 5.32 Å². The van der Waals surface area contributed by atoms with Gasteiger partial charge in [-0.05, 0) is 24.1 Å². The highest BCUT2D eigenvalue weighted by Gasteiger charge is 2.13. The van der Waals surface area contributed by atoms with E-state index in [4.69, 9.17) is 4.42 Å². The fourth-order valence-electron chi connectivity index (χ4n) is 1.58. The highest BCUT2D eigenvalue weighted by Crippen LogP contribution is 2.21. The summed E-state index contributed by atoms with van der Waals surface area (Å²) in [7, 11) is 0. The third kappa shape index (κ3) is 1.66. The number of aliphatic hydroxyl groups is 1. The molecule has 0 bridgehead atoms. The van der Waals surface area contributed by atoms with Gasteiger partial charge in [0.25, 0.3) is 0 Å². The van der Waals surface area contributed by atoms with Crippen molar-refractivity contribution in [1.29, 1.82) is 0 Å². The van der Waals surface area contributed by atoms with Crippen LogP contribution in [-0.2, 0) is 0 Å². The molecule has 0 radical (unpaired) electrons. The second-order valence-electron chi connectivity index (χ2n) is 3.36. The van der Waals surface area contributed by atoms with Crippen LogP contribution in [0.4, 0.5) is 0 Å². The largest absolute Gasteiger partial charge is 0.472 e. The van der Waals surface area contributed by atoms with Gasteiger partial charge in [-0.1, -0.05) is 0 Å². The Kier molecular flexibility index (Phi) is 2.20. The molecule has 3 heteroatoms. The van der Waals surface area contributed by atoms with E-state index >= 15 is 0 Å². The molecule has 2 N–H and O–H groups in total. The van der Waals surface area contributed by atoms with Crippen molar-refractivity contribution >= 4 is 5.57 Å². The molecule has 13 heavy (non-hydrogen) atoms. The van der Waals surface area contributed by atoms with Crippen molar-refractivity contribution in [3.8, 4) is 0 Å². The summed E-state index contributed by atoms with van der Waals surface area (Å²) in [6.07, 6.45) is 4.95. The van der Waals surface area contributed by atoms with Gasteiger partial charge >= 0.3 is 0 Å². The van der Waals surface area contributed by atoms with Gasteiger partial charge in [-0.2, -0.15) is 0 Å². The molecule has 3 nitrogen and oxygen atoms in total. The second-order valence-corrected chi connectivity index (χ2v) is 3.36. The molecule has 1 aromatic rings. The molecule has 2 heterocycles. The van der Waals surface area contributed by atoms with Crippen LogP contribution >= 0.6 is 0 Å². The molecule has 1 aliphatic heterocycles. The molecule has 1 atom stereocenters. The Morgan fingerprint density at radius 3 is 3.00 bits per heavy atom. The average Bonchev–Trinajstić information content (AvgIpc) is 2.51. The van der Waals surface area contributed by atoms with E-state index in [0.29, 0.717) is 6.54 Å². The van der Waals surface area contributed by atoms with Gasteiger partial charge in [0.15, 0.2) is 0 Å². The molecule has 2 rings (SSSR count). The maximum Gasteiger partial charge on any atom is 0.0980 e. The van der Waals surface area contributed by atoms with Gasteiger partial charge in [0.05, 0.1) is 18.6 Å². The molecule has 0 saturated heterocycles. The lowest BCUT2D eigenvalue weighted by atomic mass is 10.0. The van der Waals surface area contributed by atoms with E-state index in [0.717, 1.165) is 23.2 Å². The number of aryl methyl sites for hydroxylation is 1. The van der Waals surface area contributed by atoms with E-state index < -0.39 is 0 Å². The van der Waals surface area contributed by atoms with Crippen molar-refractivity contribution < 1.29 is 9.52 Å². The van der Waals surface area contributed by atoms with Crippen LogP contribution in [0.5, 0.6) is 0 Å². The fourth-order valence-corrected chi connectivity index (χ4v) is 1.58. The number of hydrogen-bond acceptors (Lipinski definition) is 3. The Hall–Kier alpha value is -1.06. The summed E-state index contributed by atoms with van der Waals surface area (Å²) in [5, 5.41) is 12.5. The van der Waals surface area contributed by atoms with Crippen molar-refractivity contribution in [2.75, 3.05) is 13.1 Å². The van der Waals surface area contributed by atoms with Gasteiger partial charge < -0.3 is 14.8 Å². The molecule has 1 unspecified atom stereocenters. The van der Waals surface area contributed by atoms with Crippen LogP contribution in [0.3, 0.4) is 0 Å². The van der Waals surface area contributed by atoms with Crippen molar-refractivity contribution in [1.82, 2.24) is 5.32 Å². The number of β-amino-alcohol motifs (C(OH)–C–C–N with tert-alkyl or cyclic N) is 1. The van der Waals surface area contributed by atoms with Crippen molar-refractivity contribution in [2.24, 2.45) is 0 Å². The summed E-state index contributed by atoms with van der Waals surface area (Å²) in [5.74, 6) is 0. The highest BCUT2D eigenvalue weighted by molar-refractivity contribution is 5.69. The molecule has 70 valence electrons. The van der Waals surface area contributed by atoms with Gasteiger partial charge in [-0.25, -0.2) is 0 Å². The minimum absolute atomic E-state index is 0.377. The standard InChI is InChI=1S/C10H13NO2/c1-7-5-13-6-10(7)8-2-9(12)4-11-3-8/h2,5-6,9,11-12H,3-4H2,1H3. The zero-order valence-electron chi connectivity index (χ0n) is 7.58. The summed E-state index contributed by atoms with van der Waals surface area (Å²) < 4.78 is 5.08. The normalized spacial score (nSPS) is 22.9. The summed E-state index contributed by atoms with van der Waals surface area (Å²) >= 11 is 0. The van der Waals surface area contributed by atoms with Crippen molar-refractivity contribution in [3.05, 3.63) is 29.7 Å². The van der Waals surface area contributed by atoms with Gasteiger partial charge in [-0.15, -0.1) is 0 Å². The number of rotatable bonds is 1. The Bertz CT molecular complexity index is 327. The molecule has 1 aromatic heterocycles. The van der Waals surface area contributed by atoms with Crippen molar-refractivity contribution in [2.45, 2.75) is 13.0 Å². The third-order valence-electron chi connectivity index (χ3n) is 2.26. The number of nitrogens with one attached hydrogen (secondary N) is 1. The molecule has 0 amide bonds. The molecule has 0 aromatic carbocycles. The first-order valence-electron chi connectivity index (χ1n) is 4.40. The SMILES string of the molecule is Cc1cocc1C1=CC(O)CNC1. The lowest BCUT2D eigenvalue weighted by molar-refractivity contribution is 0.217. The molecule has 1 aliphatic rings. The topological polar surface area (TPSA) is 45.4 Å². The van der Waals surface area contributed by atoms with Crippen molar-refractivity contribution in [3.63, 3.8) is 0 Å².